The number of alkyl halides is 1. The summed E-state index contributed by atoms with van der Waals surface area (Å²) in [5, 5.41) is -0.334. The molecule has 3 rings (SSSR count). The van der Waals surface area contributed by atoms with Gasteiger partial charge in [-0.3, -0.25) is 4.99 Å². The van der Waals surface area contributed by atoms with Crippen LogP contribution in [-0.4, -0.2) is 48.6 Å². The molecule has 6 heteroatoms. The van der Waals surface area contributed by atoms with E-state index in [9.17, 15) is 8.42 Å². The largest absolute Gasteiger partial charge is 0.332 e. The Hall–Kier alpha value is -0.550. The van der Waals surface area contributed by atoms with Crippen molar-refractivity contribution >= 4 is 27.3 Å². The topological polar surface area (TPSA) is 49.7 Å². The highest BCUT2D eigenvalue weighted by molar-refractivity contribution is 7.92. The highest BCUT2D eigenvalue weighted by atomic mass is 35.5. The molecule has 1 heterocycles. The number of nitrogens with zero attached hydrogens (tertiary/aromatic N) is 2. The van der Waals surface area contributed by atoms with E-state index in [-0.39, 0.29) is 11.0 Å². The highest BCUT2D eigenvalue weighted by Gasteiger charge is 2.42. The minimum absolute atomic E-state index is 0.173. The fourth-order valence-corrected chi connectivity index (χ4v) is 5.46. The molecule has 0 N–H and O–H groups in total. The van der Waals surface area contributed by atoms with E-state index in [0.29, 0.717) is 24.4 Å². The third kappa shape index (κ3) is 4.08. The van der Waals surface area contributed by atoms with Gasteiger partial charge in [-0.2, -0.15) is 0 Å². The molecular weight excluding hydrogens is 356 g/mol. The lowest BCUT2D eigenvalue weighted by Gasteiger charge is -2.46. The van der Waals surface area contributed by atoms with Gasteiger partial charge in [0.25, 0.3) is 0 Å². The summed E-state index contributed by atoms with van der Waals surface area (Å²) in [7, 11) is -3.06. The van der Waals surface area contributed by atoms with Crippen molar-refractivity contribution in [3.8, 4) is 0 Å². The molecule has 142 valence electrons. The first-order valence-corrected chi connectivity index (χ1v) is 12.0. The van der Waals surface area contributed by atoms with Crippen molar-refractivity contribution in [2.24, 2.45) is 10.9 Å². The van der Waals surface area contributed by atoms with Crippen LogP contribution in [-0.2, 0) is 9.84 Å². The van der Waals surface area contributed by atoms with Gasteiger partial charge < -0.3 is 4.90 Å². The SMILES string of the molecule is CC(C)S(=O)(=O)CCN1C(CCl)=NC2CC3CCCCCCCC1=C32. The molecule has 2 atom stereocenters. The number of amidine groups is 1. The minimum atomic E-state index is -3.06. The number of sulfone groups is 1. The summed E-state index contributed by atoms with van der Waals surface area (Å²) >= 11 is 6.19. The van der Waals surface area contributed by atoms with E-state index in [1.54, 1.807) is 13.8 Å². The minimum Gasteiger partial charge on any atom is -0.332 e. The lowest BCUT2D eigenvalue weighted by Crippen LogP contribution is -2.47. The lowest BCUT2D eigenvalue weighted by molar-refractivity contribution is 0.307. The molecular formula is C19H31ClN2O2S. The zero-order chi connectivity index (χ0) is 18.0. The first kappa shape index (κ1) is 19.2. The Bertz CT molecular complexity index is 654. The number of allylic oxidation sites excluding steroid dienone is 1. The van der Waals surface area contributed by atoms with Gasteiger partial charge in [-0.25, -0.2) is 8.42 Å². The van der Waals surface area contributed by atoms with Crippen LogP contribution in [0.3, 0.4) is 0 Å². The lowest BCUT2D eigenvalue weighted by atomic mass is 9.69. The summed E-state index contributed by atoms with van der Waals surface area (Å²) in [5.41, 5.74) is 2.85. The van der Waals surface area contributed by atoms with Gasteiger partial charge in [-0.1, -0.05) is 25.7 Å². The van der Waals surface area contributed by atoms with Gasteiger partial charge in [-0.15, -0.1) is 11.6 Å². The second-order valence-electron chi connectivity index (χ2n) is 7.90. The molecule has 0 aromatic carbocycles. The van der Waals surface area contributed by atoms with Crippen LogP contribution in [0.5, 0.6) is 0 Å². The van der Waals surface area contributed by atoms with E-state index < -0.39 is 9.84 Å². The molecule has 0 bridgehead atoms. The third-order valence-electron chi connectivity index (χ3n) is 5.99. The molecule has 0 aromatic heterocycles. The van der Waals surface area contributed by atoms with Crippen molar-refractivity contribution in [2.75, 3.05) is 18.2 Å². The van der Waals surface area contributed by atoms with Gasteiger partial charge >= 0.3 is 0 Å². The van der Waals surface area contributed by atoms with Gasteiger partial charge in [0.05, 0.1) is 22.9 Å². The Labute approximate surface area is 157 Å². The Balaban J connectivity index is 1.85. The standard InChI is InChI=1S/C19H31ClN2O2S/c1-14(2)25(23,24)11-10-22-17-9-7-5-3-4-6-8-15-12-16(19(15)17)21-18(22)13-20/h14-16H,3-13H2,1-2H3. The molecule has 2 aliphatic carbocycles. The first-order valence-electron chi connectivity index (χ1n) is 9.78. The number of aliphatic imine (C=N–C) groups is 1. The quantitative estimate of drug-likeness (QED) is 0.667. The van der Waals surface area contributed by atoms with Crippen LogP contribution in [0.1, 0.15) is 65.2 Å². The molecule has 3 aliphatic rings. The zero-order valence-corrected chi connectivity index (χ0v) is 17.1. The summed E-state index contributed by atoms with van der Waals surface area (Å²) < 4.78 is 24.6. The molecule has 0 amide bonds. The Morgan fingerprint density at radius 2 is 1.92 bits per heavy atom. The fourth-order valence-electron chi connectivity index (χ4n) is 4.34. The fraction of sp³-hybridized carbons (Fsp3) is 0.842. The maximum Gasteiger partial charge on any atom is 0.154 e. The average Bonchev–Trinajstić information content (AvgIpc) is 2.55. The van der Waals surface area contributed by atoms with E-state index in [1.807, 2.05) is 0 Å². The third-order valence-corrected chi connectivity index (χ3v) is 8.41. The molecule has 0 radical (unpaired) electrons. The van der Waals surface area contributed by atoms with Crippen molar-refractivity contribution in [1.82, 2.24) is 4.90 Å². The number of hydrogen-bond acceptors (Lipinski definition) is 4. The van der Waals surface area contributed by atoms with Crippen LogP contribution in [0.2, 0.25) is 0 Å². The predicted molar refractivity (Wildman–Crippen MR) is 105 cm³/mol. The van der Waals surface area contributed by atoms with Gasteiger partial charge in [0, 0.05) is 12.2 Å². The summed E-state index contributed by atoms with van der Waals surface area (Å²) in [4.78, 5) is 7.02. The molecule has 1 fully saturated rings. The number of hydrogen-bond donors (Lipinski definition) is 0. The molecule has 0 saturated heterocycles. The van der Waals surface area contributed by atoms with E-state index in [2.05, 4.69) is 4.90 Å². The maximum atomic E-state index is 12.3. The van der Waals surface area contributed by atoms with Crippen LogP contribution in [0, 0.1) is 5.92 Å². The monoisotopic (exact) mass is 386 g/mol. The van der Waals surface area contributed by atoms with Crippen LogP contribution in [0.4, 0.5) is 0 Å². The van der Waals surface area contributed by atoms with Crippen LogP contribution in [0.25, 0.3) is 0 Å². The maximum absolute atomic E-state index is 12.3. The first-order chi connectivity index (χ1) is 11.9. The Morgan fingerprint density at radius 3 is 2.64 bits per heavy atom. The van der Waals surface area contributed by atoms with Crippen LogP contribution < -0.4 is 0 Å². The van der Waals surface area contributed by atoms with Gasteiger partial charge in [-0.05, 0) is 51.0 Å². The zero-order valence-electron chi connectivity index (χ0n) is 15.5. The normalized spacial score (nSPS) is 27.7. The van der Waals surface area contributed by atoms with E-state index in [0.717, 1.165) is 18.7 Å². The van der Waals surface area contributed by atoms with Crippen molar-refractivity contribution < 1.29 is 8.42 Å². The number of rotatable bonds is 5. The van der Waals surface area contributed by atoms with Crippen molar-refractivity contribution in [3.05, 3.63) is 11.3 Å². The molecule has 0 spiro atoms. The molecule has 1 aliphatic heterocycles. The smallest absolute Gasteiger partial charge is 0.154 e. The number of halogens is 1. The second-order valence-corrected chi connectivity index (χ2v) is 10.8. The van der Waals surface area contributed by atoms with Crippen molar-refractivity contribution in [3.63, 3.8) is 0 Å². The molecule has 4 nitrogen and oxygen atoms in total. The molecule has 25 heavy (non-hydrogen) atoms. The highest BCUT2D eigenvalue weighted by Crippen LogP contribution is 2.46. The van der Waals surface area contributed by atoms with Gasteiger partial charge in [0.15, 0.2) is 9.84 Å². The molecule has 2 unspecified atom stereocenters. The Kier molecular flexibility index (Phi) is 6.15. The Morgan fingerprint density at radius 1 is 1.20 bits per heavy atom. The molecule has 1 saturated carbocycles. The summed E-state index contributed by atoms with van der Waals surface area (Å²) in [6.45, 7) is 4.00. The van der Waals surface area contributed by atoms with Crippen LogP contribution >= 0.6 is 11.6 Å². The van der Waals surface area contributed by atoms with E-state index >= 15 is 0 Å². The average molecular weight is 387 g/mol. The van der Waals surface area contributed by atoms with E-state index in [1.165, 1.54) is 49.8 Å². The summed E-state index contributed by atoms with van der Waals surface area (Å²) in [6.07, 6.45) is 9.87. The molecule has 0 aromatic rings. The van der Waals surface area contributed by atoms with Gasteiger partial charge in [0.1, 0.15) is 5.84 Å². The van der Waals surface area contributed by atoms with Gasteiger partial charge in [0.2, 0.25) is 0 Å². The summed E-state index contributed by atoms with van der Waals surface area (Å²) in [5.74, 6) is 2.06. The van der Waals surface area contributed by atoms with E-state index in [4.69, 9.17) is 16.6 Å². The van der Waals surface area contributed by atoms with Crippen LogP contribution in [0.15, 0.2) is 16.3 Å². The van der Waals surface area contributed by atoms with Crippen molar-refractivity contribution in [1.29, 1.82) is 0 Å². The predicted octanol–water partition coefficient (Wildman–Crippen LogP) is 4.15. The van der Waals surface area contributed by atoms with Crippen molar-refractivity contribution in [2.45, 2.75) is 76.5 Å². The summed E-state index contributed by atoms with van der Waals surface area (Å²) in [6, 6.07) is 0.311. The second kappa shape index (κ2) is 7.99.